The molecule has 4 heteroatoms. The number of benzene rings is 1. The number of hydrogen-bond acceptors (Lipinski definition) is 4. The van der Waals surface area contributed by atoms with E-state index in [9.17, 15) is 4.79 Å². The number of methoxy groups -OCH3 is 1. The monoisotopic (exact) mass is 251 g/mol. The highest BCUT2D eigenvalue weighted by atomic mass is 16.6. The Morgan fingerprint density at radius 2 is 1.94 bits per heavy atom. The molecule has 1 aromatic rings. The maximum atomic E-state index is 10.9. The average Bonchev–Trinajstić information content (AvgIpc) is 2.35. The van der Waals surface area contributed by atoms with E-state index in [2.05, 4.69) is 4.90 Å². The minimum Gasteiger partial charge on any atom is -0.497 e. The summed E-state index contributed by atoms with van der Waals surface area (Å²) in [6, 6.07) is 7.89. The molecule has 0 saturated carbocycles. The van der Waals surface area contributed by atoms with E-state index in [1.165, 1.54) is 6.92 Å². The van der Waals surface area contributed by atoms with E-state index < -0.39 is 0 Å². The molecule has 0 aromatic heterocycles. The first-order chi connectivity index (χ1) is 8.56. The van der Waals surface area contributed by atoms with Gasteiger partial charge in [0.05, 0.1) is 7.11 Å². The van der Waals surface area contributed by atoms with Gasteiger partial charge in [0.15, 0.2) is 6.23 Å². The van der Waals surface area contributed by atoms with Gasteiger partial charge in [0, 0.05) is 13.5 Å². The van der Waals surface area contributed by atoms with Crippen LogP contribution in [0.5, 0.6) is 5.75 Å². The summed E-state index contributed by atoms with van der Waals surface area (Å²) in [6.45, 7) is 6.92. The molecule has 0 aliphatic carbocycles. The summed E-state index contributed by atoms with van der Waals surface area (Å²) in [6.07, 6.45) is -0.213. The Morgan fingerprint density at radius 3 is 2.39 bits per heavy atom. The van der Waals surface area contributed by atoms with Crippen LogP contribution in [0.2, 0.25) is 0 Å². The van der Waals surface area contributed by atoms with Gasteiger partial charge >= 0.3 is 5.97 Å². The lowest BCUT2D eigenvalue weighted by Crippen LogP contribution is -2.35. The van der Waals surface area contributed by atoms with E-state index >= 15 is 0 Å². The SMILES string of the molecule is CCN(Cc1ccc(OC)cc1)C(C)OC(C)=O. The molecule has 0 N–H and O–H groups in total. The highest BCUT2D eigenvalue weighted by molar-refractivity contribution is 5.66. The summed E-state index contributed by atoms with van der Waals surface area (Å²) >= 11 is 0. The van der Waals surface area contributed by atoms with Crippen LogP contribution in [0, 0.1) is 0 Å². The molecule has 0 saturated heterocycles. The summed E-state index contributed by atoms with van der Waals surface area (Å²) < 4.78 is 10.3. The van der Waals surface area contributed by atoms with E-state index in [-0.39, 0.29) is 12.2 Å². The van der Waals surface area contributed by atoms with Gasteiger partial charge in [-0.05, 0) is 31.2 Å². The van der Waals surface area contributed by atoms with Crippen LogP contribution >= 0.6 is 0 Å². The quantitative estimate of drug-likeness (QED) is 0.575. The number of ether oxygens (including phenoxy) is 2. The Morgan fingerprint density at radius 1 is 1.33 bits per heavy atom. The Labute approximate surface area is 108 Å². The predicted molar refractivity (Wildman–Crippen MR) is 70.3 cm³/mol. The normalized spacial score (nSPS) is 12.3. The van der Waals surface area contributed by atoms with Crippen LogP contribution in [0.4, 0.5) is 0 Å². The third-order valence-electron chi connectivity index (χ3n) is 2.80. The molecule has 1 unspecified atom stereocenters. The van der Waals surface area contributed by atoms with E-state index in [0.29, 0.717) is 0 Å². The molecule has 0 radical (unpaired) electrons. The number of hydrogen-bond donors (Lipinski definition) is 0. The van der Waals surface area contributed by atoms with Crippen molar-refractivity contribution in [3.63, 3.8) is 0 Å². The van der Waals surface area contributed by atoms with E-state index in [0.717, 1.165) is 24.4 Å². The third-order valence-corrected chi connectivity index (χ3v) is 2.80. The fraction of sp³-hybridized carbons (Fsp3) is 0.500. The largest absolute Gasteiger partial charge is 0.497 e. The summed E-state index contributed by atoms with van der Waals surface area (Å²) in [7, 11) is 1.65. The second-order valence-corrected chi connectivity index (χ2v) is 4.12. The number of carbonyl (C=O) groups is 1. The van der Waals surface area contributed by atoms with Crippen LogP contribution in [0.15, 0.2) is 24.3 Å². The highest BCUT2D eigenvalue weighted by Gasteiger charge is 2.14. The molecular formula is C14H21NO3. The Kier molecular flexibility index (Phi) is 5.65. The van der Waals surface area contributed by atoms with Gasteiger partial charge in [0.25, 0.3) is 0 Å². The molecule has 0 aliphatic rings. The Balaban J connectivity index is 2.63. The lowest BCUT2D eigenvalue weighted by Gasteiger charge is -2.27. The first-order valence-electron chi connectivity index (χ1n) is 6.11. The number of esters is 1. The molecule has 1 rings (SSSR count). The summed E-state index contributed by atoms with van der Waals surface area (Å²) in [5.74, 6) is 0.588. The van der Waals surface area contributed by atoms with Gasteiger partial charge in [-0.2, -0.15) is 0 Å². The smallest absolute Gasteiger partial charge is 0.304 e. The maximum absolute atomic E-state index is 10.9. The molecule has 1 aromatic carbocycles. The van der Waals surface area contributed by atoms with Crippen molar-refractivity contribution in [2.75, 3.05) is 13.7 Å². The lowest BCUT2D eigenvalue weighted by atomic mass is 10.2. The fourth-order valence-electron chi connectivity index (χ4n) is 1.78. The minimum atomic E-state index is -0.254. The number of rotatable bonds is 6. The van der Waals surface area contributed by atoms with E-state index in [4.69, 9.17) is 9.47 Å². The fourth-order valence-corrected chi connectivity index (χ4v) is 1.78. The van der Waals surface area contributed by atoms with Crippen molar-refractivity contribution < 1.29 is 14.3 Å². The zero-order chi connectivity index (χ0) is 13.5. The van der Waals surface area contributed by atoms with Crippen molar-refractivity contribution >= 4 is 5.97 Å². The Hall–Kier alpha value is -1.55. The zero-order valence-electron chi connectivity index (χ0n) is 11.5. The zero-order valence-corrected chi connectivity index (χ0v) is 11.5. The first-order valence-corrected chi connectivity index (χ1v) is 6.11. The molecule has 0 amide bonds. The van der Waals surface area contributed by atoms with Crippen LogP contribution in [0.1, 0.15) is 26.3 Å². The van der Waals surface area contributed by atoms with Gasteiger partial charge in [0.1, 0.15) is 5.75 Å². The molecule has 100 valence electrons. The van der Waals surface area contributed by atoms with Crippen LogP contribution < -0.4 is 4.74 Å². The predicted octanol–water partition coefficient (Wildman–Crippen LogP) is 2.43. The van der Waals surface area contributed by atoms with Crippen molar-refractivity contribution in [2.24, 2.45) is 0 Å². The molecule has 4 nitrogen and oxygen atoms in total. The second kappa shape index (κ2) is 7.01. The van der Waals surface area contributed by atoms with Crippen molar-refractivity contribution in [1.29, 1.82) is 0 Å². The summed E-state index contributed by atoms with van der Waals surface area (Å²) in [5.41, 5.74) is 1.16. The molecule has 0 heterocycles. The van der Waals surface area contributed by atoms with Gasteiger partial charge in [-0.3, -0.25) is 9.69 Å². The maximum Gasteiger partial charge on any atom is 0.304 e. The summed E-state index contributed by atoms with van der Waals surface area (Å²) in [5, 5.41) is 0. The summed E-state index contributed by atoms with van der Waals surface area (Å²) in [4.78, 5) is 13.0. The average molecular weight is 251 g/mol. The first kappa shape index (κ1) is 14.5. The van der Waals surface area contributed by atoms with Crippen LogP contribution in [0.3, 0.4) is 0 Å². The molecule has 0 aliphatic heterocycles. The molecular weight excluding hydrogens is 230 g/mol. The lowest BCUT2D eigenvalue weighted by molar-refractivity contribution is -0.155. The second-order valence-electron chi connectivity index (χ2n) is 4.12. The Bertz CT molecular complexity index is 375. The number of carbonyl (C=O) groups excluding carboxylic acids is 1. The van der Waals surface area contributed by atoms with Crippen LogP contribution in [0.25, 0.3) is 0 Å². The van der Waals surface area contributed by atoms with Crippen molar-refractivity contribution in [3.8, 4) is 5.75 Å². The van der Waals surface area contributed by atoms with Gasteiger partial charge in [0.2, 0.25) is 0 Å². The molecule has 0 spiro atoms. The van der Waals surface area contributed by atoms with Gasteiger partial charge in [-0.25, -0.2) is 0 Å². The molecule has 0 bridgehead atoms. The van der Waals surface area contributed by atoms with Gasteiger partial charge < -0.3 is 9.47 Å². The third kappa shape index (κ3) is 4.37. The van der Waals surface area contributed by atoms with Gasteiger partial charge in [-0.15, -0.1) is 0 Å². The highest BCUT2D eigenvalue weighted by Crippen LogP contribution is 2.14. The van der Waals surface area contributed by atoms with Crippen LogP contribution in [-0.4, -0.2) is 30.8 Å². The standard InChI is InChI=1S/C14H21NO3/c1-5-15(11(2)18-12(3)16)10-13-6-8-14(17-4)9-7-13/h6-9,11H,5,10H2,1-4H3. The van der Waals surface area contributed by atoms with E-state index in [1.54, 1.807) is 7.11 Å². The topological polar surface area (TPSA) is 38.8 Å². The van der Waals surface area contributed by atoms with Crippen LogP contribution in [-0.2, 0) is 16.1 Å². The minimum absolute atomic E-state index is 0.213. The van der Waals surface area contributed by atoms with Crippen molar-refractivity contribution in [1.82, 2.24) is 4.90 Å². The van der Waals surface area contributed by atoms with Crippen molar-refractivity contribution in [3.05, 3.63) is 29.8 Å². The molecule has 0 fully saturated rings. The van der Waals surface area contributed by atoms with Crippen molar-refractivity contribution in [2.45, 2.75) is 33.5 Å². The van der Waals surface area contributed by atoms with Gasteiger partial charge in [-0.1, -0.05) is 19.1 Å². The molecule has 18 heavy (non-hydrogen) atoms. The van der Waals surface area contributed by atoms with E-state index in [1.807, 2.05) is 38.1 Å². The molecule has 1 atom stereocenters. The number of nitrogens with zero attached hydrogens (tertiary/aromatic N) is 1.